The van der Waals surface area contributed by atoms with Gasteiger partial charge in [0.05, 0.1) is 11.0 Å². The van der Waals surface area contributed by atoms with Gasteiger partial charge in [0.25, 0.3) is 0 Å². The summed E-state index contributed by atoms with van der Waals surface area (Å²) in [4.78, 5) is 8.04. The summed E-state index contributed by atoms with van der Waals surface area (Å²) in [6, 6.07) is 4.63. The first kappa shape index (κ1) is 12.6. The first-order valence-corrected chi connectivity index (χ1v) is 6.77. The minimum absolute atomic E-state index is 0.448. The fraction of sp³-hybridized carbons (Fsp3) is 0.462. The fourth-order valence-electron chi connectivity index (χ4n) is 2.10. The molecule has 0 saturated heterocycles. The molecule has 0 saturated carbocycles. The van der Waals surface area contributed by atoms with Crippen LogP contribution >= 0.6 is 15.9 Å². The van der Waals surface area contributed by atoms with Crippen LogP contribution in [0.2, 0.25) is 0 Å². The Morgan fingerprint density at radius 3 is 2.94 bits per heavy atom. The molecule has 0 spiro atoms. The summed E-state index contributed by atoms with van der Waals surface area (Å²) in [5.41, 5.74) is 3.38. The van der Waals surface area contributed by atoms with E-state index in [0.717, 1.165) is 34.3 Å². The largest absolute Gasteiger partial charge is 0.342 e. The average Bonchev–Trinajstić information content (AvgIpc) is 2.60. The second-order valence-corrected chi connectivity index (χ2v) is 5.38. The fourth-order valence-corrected chi connectivity index (χ4v) is 2.68. The molecule has 1 unspecified atom stereocenters. The van der Waals surface area contributed by atoms with Crippen molar-refractivity contribution in [2.75, 3.05) is 6.54 Å². The second kappa shape index (κ2) is 5.19. The average molecular weight is 296 g/mol. The molecule has 0 aliphatic carbocycles. The first-order valence-electron chi connectivity index (χ1n) is 5.98. The molecule has 1 aromatic carbocycles. The van der Waals surface area contributed by atoms with Gasteiger partial charge >= 0.3 is 0 Å². The van der Waals surface area contributed by atoms with Crippen molar-refractivity contribution < 1.29 is 0 Å². The van der Waals surface area contributed by atoms with Crippen LogP contribution in [0.4, 0.5) is 0 Å². The van der Waals surface area contributed by atoms with E-state index in [1.165, 1.54) is 5.56 Å². The maximum absolute atomic E-state index is 4.66. The number of imidazole rings is 1. The standard InChI is InChI=1S/C13H18BrN3/c1-4-15-9(3)6-12-16-11-7-10(14)5-8(2)13(11)17-12/h5,7,9,15H,4,6H2,1-3H3,(H,16,17). The third-order valence-electron chi connectivity index (χ3n) is 2.84. The van der Waals surface area contributed by atoms with Crippen molar-refractivity contribution in [3.8, 4) is 0 Å². The summed E-state index contributed by atoms with van der Waals surface area (Å²) in [7, 11) is 0. The van der Waals surface area contributed by atoms with Gasteiger partial charge in [-0.1, -0.05) is 22.9 Å². The van der Waals surface area contributed by atoms with Crippen molar-refractivity contribution in [2.24, 2.45) is 0 Å². The normalized spacial score (nSPS) is 13.2. The Hall–Kier alpha value is -0.870. The third kappa shape index (κ3) is 2.87. The third-order valence-corrected chi connectivity index (χ3v) is 3.30. The van der Waals surface area contributed by atoms with Crippen LogP contribution in [0.5, 0.6) is 0 Å². The van der Waals surface area contributed by atoms with Crippen LogP contribution in [0.25, 0.3) is 11.0 Å². The van der Waals surface area contributed by atoms with Crippen LogP contribution in [0.1, 0.15) is 25.2 Å². The predicted molar refractivity (Wildman–Crippen MR) is 75.4 cm³/mol. The van der Waals surface area contributed by atoms with Crippen LogP contribution in [-0.4, -0.2) is 22.6 Å². The number of nitrogens with zero attached hydrogens (tertiary/aromatic N) is 1. The molecule has 1 aromatic heterocycles. The summed E-state index contributed by atoms with van der Waals surface area (Å²) in [5.74, 6) is 1.05. The van der Waals surface area contributed by atoms with E-state index in [1.54, 1.807) is 0 Å². The Morgan fingerprint density at radius 2 is 2.24 bits per heavy atom. The van der Waals surface area contributed by atoms with Crippen LogP contribution < -0.4 is 5.32 Å². The number of hydrogen-bond acceptors (Lipinski definition) is 2. The van der Waals surface area contributed by atoms with Crippen molar-refractivity contribution in [1.82, 2.24) is 15.3 Å². The van der Waals surface area contributed by atoms with Crippen molar-refractivity contribution >= 4 is 27.0 Å². The van der Waals surface area contributed by atoms with Gasteiger partial charge in [0, 0.05) is 16.9 Å². The molecule has 0 aliphatic heterocycles. The smallest absolute Gasteiger partial charge is 0.108 e. The molecule has 0 radical (unpaired) electrons. The number of benzene rings is 1. The summed E-state index contributed by atoms with van der Waals surface area (Å²) in [5, 5.41) is 3.40. The Kier molecular flexibility index (Phi) is 3.84. The van der Waals surface area contributed by atoms with Crippen LogP contribution in [0.15, 0.2) is 16.6 Å². The Bertz CT molecular complexity index is 519. The highest BCUT2D eigenvalue weighted by molar-refractivity contribution is 9.10. The number of likely N-dealkylation sites (N-methyl/N-ethyl adjacent to an activating group) is 1. The number of aromatic amines is 1. The van der Waals surface area contributed by atoms with E-state index >= 15 is 0 Å². The monoisotopic (exact) mass is 295 g/mol. The van der Waals surface area contributed by atoms with Gasteiger partial charge in [0.1, 0.15) is 5.82 Å². The number of aryl methyl sites for hydroxylation is 1. The minimum Gasteiger partial charge on any atom is -0.342 e. The summed E-state index contributed by atoms with van der Waals surface area (Å²) >= 11 is 3.51. The highest BCUT2D eigenvalue weighted by Crippen LogP contribution is 2.22. The molecular weight excluding hydrogens is 278 g/mol. The first-order chi connectivity index (χ1) is 8.10. The molecular formula is C13H18BrN3. The Morgan fingerprint density at radius 1 is 1.47 bits per heavy atom. The number of H-pyrrole nitrogens is 1. The second-order valence-electron chi connectivity index (χ2n) is 4.47. The number of halogens is 1. The van der Waals surface area contributed by atoms with E-state index in [4.69, 9.17) is 0 Å². The van der Waals surface area contributed by atoms with E-state index in [9.17, 15) is 0 Å². The molecule has 17 heavy (non-hydrogen) atoms. The number of hydrogen-bond donors (Lipinski definition) is 2. The van der Waals surface area contributed by atoms with Crippen molar-refractivity contribution in [3.63, 3.8) is 0 Å². The molecule has 1 atom stereocenters. The molecule has 4 heteroatoms. The number of fused-ring (bicyclic) bond motifs is 1. The molecule has 3 nitrogen and oxygen atoms in total. The quantitative estimate of drug-likeness (QED) is 0.910. The highest BCUT2D eigenvalue weighted by atomic mass is 79.9. The van der Waals surface area contributed by atoms with Gasteiger partial charge in [0.2, 0.25) is 0 Å². The predicted octanol–water partition coefficient (Wildman–Crippen LogP) is 3.17. The van der Waals surface area contributed by atoms with E-state index in [1.807, 2.05) is 0 Å². The highest BCUT2D eigenvalue weighted by Gasteiger charge is 2.09. The van der Waals surface area contributed by atoms with E-state index in [-0.39, 0.29) is 0 Å². The zero-order valence-corrected chi connectivity index (χ0v) is 12.1. The molecule has 2 rings (SSSR count). The number of aromatic nitrogens is 2. The molecule has 0 bridgehead atoms. The van der Waals surface area contributed by atoms with Crippen molar-refractivity contribution in [1.29, 1.82) is 0 Å². The molecule has 2 N–H and O–H groups in total. The summed E-state index contributed by atoms with van der Waals surface area (Å²) in [6.07, 6.45) is 0.930. The van der Waals surface area contributed by atoms with E-state index in [2.05, 4.69) is 64.1 Å². The lowest BCUT2D eigenvalue weighted by Crippen LogP contribution is -2.27. The van der Waals surface area contributed by atoms with Crippen LogP contribution in [-0.2, 0) is 6.42 Å². The van der Waals surface area contributed by atoms with E-state index in [0.29, 0.717) is 6.04 Å². The lowest BCUT2D eigenvalue weighted by atomic mass is 10.2. The molecule has 0 amide bonds. The number of rotatable bonds is 4. The van der Waals surface area contributed by atoms with Gasteiger partial charge in [-0.05, 0) is 38.1 Å². The molecule has 2 aromatic rings. The van der Waals surface area contributed by atoms with Gasteiger partial charge in [-0.25, -0.2) is 4.98 Å². The van der Waals surface area contributed by atoms with E-state index < -0.39 is 0 Å². The van der Waals surface area contributed by atoms with Gasteiger partial charge in [-0.15, -0.1) is 0 Å². The lowest BCUT2D eigenvalue weighted by Gasteiger charge is -2.09. The van der Waals surface area contributed by atoms with Gasteiger partial charge in [0.15, 0.2) is 0 Å². The zero-order chi connectivity index (χ0) is 12.4. The van der Waals surface area contributed by atoms with Crippen molar-refractivity contribution in [3.05, 3.63) is 28.0 Å². The Balaban J connectivity index is 2.28. The summed E-state index contributed by atoms with van der Waals surface area (Å²) < 4.78 is 1.09. The van der Waals surface area contributed by atoms with Gasteiger partial charge in [-0.2, -0.15) is 0 Å². The Labute approximate surface area is 110 Å². The summed E-state index contributed by atoms with van der Waals surface area (Å²) in [6.45, 7) is 7.38. The van der Waals surface area contributed by atoms with Crippen LogP contribution in [0.3, 0.4) is 0 Å². The molecule has 0 aliphatic rings. The SMILES string of the molecule is CCNC(C)Cc1nc2c(C)cc(Br)cc2[nH]1. The maximum Gasteiger partial charge on any atom is 0.108 e. The molecule has 92 valence electrons. The van der Waals surface area contributed by atoms with Crippen LogP contribution in [0, 0.1) is 6.92 Å². The topological polar surface area (TPSA) is 40.7 Å². The van der Waals surface area contributed by atoms with Gasteiger partial charge < -0.3 is 10.3 Å². The number of nitrogens with one attached hydrogen (secondary N) is 2. The molecule has 0 fully saturated rings. The minimum atomic E-state index is 0.448. The zero-order valence-electron chi connectivity index (χ0n) is 10.5. The van der Waals surface area contributed by atoms with Crippen molar-refractivity contribution in [2.45, 2.75) is 33.2 Å². The maximum atomic E-state index is 4.66. The lowest BCUT2D eigenvalue weighted by molar-refractivity contribution is 0.555. The molecule has 1 heterocycles. The van der Waals surface area contributed by atoms with Gasteiger partial charge in [-0.3, -0.25) is 0 Å².